The summed E-state index contributed by atoms with van der Waals surface area (Å²) in [6.07, 6.45) is 3.86. The van der Waals surface area contributed by atoms with Crippen LogP contribution in [0.1, 0.15) is 12.5 Å². The molecule has 0 aliphatic rings. The minimum absolute atomic E-state index is 0.922. The van der Waals surface area contributed by atoms with Crippen molar-refractivity contribution in [2.75, 3.05) is 12.4 Å². The highest BCUT2D eigenvalue weighted by Gasteiger charge is 1.97. The third-order valence-electron chi connectivity index (χ3n) is 1.81. The van der Waals surface area contributed by atoms with Crippen LogP contribution in [0.5, 0.6) is 5.75 Å². The molecular formula is C11H15NO. The zero-order chi connectivity index (χ0) is 9.68. The van der Waals surface area contributed by atoms with Crippen LogP contribution in [-0.2, 0) is 0 Å². The molecule has 0 atom stereocenters. The molecule has 13 heavy (non-hydrogen) atoms. The van der Waals surface area contributed by atoms with Crippen LogP contribution in [0.3, 0.4) is 0 Å². The predicted molar refractivity (Wildman–Crippen MR) is 56.2 cm³/mol. The van der Waals surface area contributed by atoms with E-state index in [-0.39, 0.29) is 0 Å². The molecule has 2 nitrogen and oxygen atoms in total. The molecule has 1 rings (SSSR count). The molecule has 1 aromatic rings. The number of anilines is 1. The average molecular weight is 177 g/mol. The summed E-state index contributed by atoms with van der Waals surface area (Å²) in [4.78, 5) is 0. The highest BCUT2D eigenvalue weighted by Crippen LogP contribution is 2.21. The summed E-state index contributed by atoms with van der Waals surface area (Å²) in [6.45, 7) is 4.00. The summed E-state index contributed by atoms with van der Waals surface area (Å²) in [5.74, 6) is 0.922. The van der Waals surface area contributed by atoms with Gasteiger partial charge in [-0.2, -0.15) is 0 Å². The van der Waals surface area contributed by atoms with Gasteiger partial charge in [0.1, 0.15) is 5.75 Å². The zero-order valence-corrected chi connectivity index (χ0v) is 8.29. The van der Waals surface area contributed by atoms with Gasteiger partial charge in [0.25, 0.3) is 0 Å². The largest absolute Gasteiger partial charge is 0.496 e. The maximum atomic E-state index is 5.16. The van der Waals surface area contributed by atoms with Gasteiger partial charge >= 0.3 is 0 Å². The minimum atomic E-state index is 0.922. The second-order valence-electron chi connectivity index (χ2n) is 2.83. The van der Waals surface area contributed by atoms with Crippen LogP contribution in [0, 0.1) is 6.92 Å². The topological polar surface area (TPSA) is 21.3 Å². The number of benzene rings is 1. The van der Waals surface area contributed by atoms with Gasteiger partial charge in [-0.25, -0.2) is 0 Å². The van der Waals surface area contributed by atoms with E-state index in [0.29, 0.717) is 0 Å². The van der Waals surface area contributed by atoms with Crippen molar-refractivity contribution in [3.63, 3.8) is 0 Å². The van der Waals surface area contributed by atoms with Gasteiger partial charge in [0, 0.05) is 5.69 Å². The number of methoxy groups -OCH3 is 1. The molecule has 0 aromatic heterocycles. The summed E-state index contributed by atoms with van der Waals surface area (Å²) in [7, 11) is 1.68. The standard InChI is InChI=1S/C11H15NO/c1-4-7-12-10-5-6-11(13-3)9(2)8-10/h4-8,12H,1-3H3. The zero-order valence-electron chi connectivity index (χ0n) is 8.29. The predicted octanol–water partition coefficient (Wildman–Crippen LogP) is 2.95. The maximum Gasteiger partial charge on any atom is 0.121 e. The van der Waals surface area contributed by atoms with E-state index in [4.69, 9.17) is 4.74 Å². The van der Waals surface area contributed by atoms with Crippen molar-refractivity contribution >= 4 is 5.69 Å². The smallest absolute Gasteiger partial charge is 0.121 e. The van der Waals surface area contributed by atoms with E-state index >= 15 is 0 Å². The highest BCUT2D eigenvalue weighted by molar-refractivity contribution is 5.52. The van der Waals surface area contributed by atoms with Crippen molar-refractivity contribution in [1.82, 2.24) is 0 Å². The molecule has 1 N–H and O–H groups in total. The van der Waals surface area contributed by atoms with Crippen LogP contribution < -0.4 is 10.1 Å². The van der Waals surface area contributed by atoms with Crippen LogP contribution in [0.15, 0.2) is 30.5 Å². The Bertz CT molecular complexity index is 305. The average Bonchev–Trinajstić information content (AvgIpc) is 2.15. The molecule has 70 valence electrons. The number of allylic oxidation sites excluding steroid dienone is 1. The van der Waals surface area contributed by atoms with Gasteiger partial charge in [-0.3, -0.25) is 0 Å². The van der Waals surface area contributed by atoms with E-state index in [1.807, 2.05) is 38.3 Å². The molecule has 1 aromatic carbocycles. The molecular weight excluding hydrogens is 162 g/mol. The third-order valence-corrected chi connectivity index (χ3v) is 1.81. The van der Waals surface area contributed by atoms with Gasteiger partial charge in [-0.05, 0) is 43.8 Å². The van der Waals surface area contributed by atoms with Gasteiger partial charge in [-0.1, -0.05) is 6.08 Å². The fourth-order valence-corrected chi connectivity index (χ4v) is 1.15. The third kappa shape index (κ3) is 2.51. The SMILES string of the molecule is CC=CNc1ccc(OC)c(C)c1. The van der Waals surface area contributed by atoms with Crippen LogP contribution in [0.4, 0.5) is 5.69 Å². The van der Waals surface area contributed by atoms with Crippen molar-refractivity contribution in [1.29, 1.82) is 0 Å². The van der Waals surface area contributed by atoms with Gasteiger partial charge in [-0.15, -0.1) is 0 Å². The van der Waals surface area contributed by atoms with E-state index in [9.17, 15) is 0 Å². The lowest BCUT2D eigenvalue weighted by atomic mass is 10.2. The van der Waals surface area contributed by atoms with Crippen molar-refractivity contribution in [3.8, 4) is 5.75 Å². The second kappa shape index (κ2) is 4.55. The summed E-state index contributed by atoms with van der Waals surface area (Å²) in [5.41, 5.74) is 2.22. The molecule has 2 heteroatoms. The Balaban J connectivity index is 2.83. The molecule has 0 radical (unpaired) electrons. The van der Waals surface area contributed by atoms with Crippen LogP contribution in [0.25, 0.3) is 0 Å². The molecule has 0 bridgehead atoms. The Morgan fingerprint density at radius 1 is 1.38 bits per heavy atom. The molecule has 0 heterocycles. The first-order valence-corrected chi connectivity index (χ1v) is 4.30. The Labute approximate surface area is 79.2 Å². The number of rotatable bonds is 3. The van der Waals surface area contributed by atoms with Crippen molar-refractivity contribution in [3.05, 3.63) is 36.0 Å². The Morgan fingerprint density at radius 3 is 2.69 bits per heavy atom. The summed E-state index contributed by atoms with van der Waals surface area (Å²) in [5, 5.41) is 3.15. The molecule has 0 aliphatic heterocycles. The van der Waals surface area contributed by atoms with Crippen LogP contribution in [0.2, 0.25) is 0 Å². The maximum absolute atomic E-state index is 5.16. The summed E-state index contributed by atoms with van der Waals surface area (Å²) >= 11 is 0. The number of nitrogens with one attached hydrogen (secondary N) is 1. The fraction of sp³-hybridized carbons (Fsp3) is 0.273. The van der Waals surface area contributed by atoms with E-state index in [1.165, 1.54) is 0 Å². The molecule has 0 aliphatic carbocycles. The second-order valence-corrected chi connectivity index (χ2v) is 2.83. The highest BCUT2D eigenvalue weighted by atomic mass is 16.5. The lowest BCUT2D eigenvalue weighted by molar-refractivity contribution is 0.412. The normalized spacial score (nSPS) is 10.4. The summed E-state index contributed by atoms with van der Waals surface area (Å²) in [6, 6.07) is 6.01. The number of aryl methyl sites for hydroxylation is 1. The summed E-state index contributed by atoms with van der Waals surface area (Å²) < 4.78 is 5.16. The lowest BCUT2D eigenvalue weighted by Gasteiger charge is -2.06. The fourth-order valence-electron chi connectivity index (χ4n) is 1.15. The Morgan fingerprint density at radius 2 is 2.15 bits per heavy atom. The minimum Gasteiger partial charge on any atom is -0.496 e. The number of hydrogen-bond donors (Lipinski definition) is 1. The number of hydrogen-bond acceptors (Lipinski definition) is 2. The first-order valence-electron chi connectivity index (χ1n) is 4.30. The molecule has 0 spiro atoms. The molecule has 0 fully saturated rings. The monoisotopic (exact) mass is 177 g/mol. The van der Waals surface area contributed by atoms with Crippen LogP contribution >= 0.6 is 0 Å². The van der Waals surface area contributed by atoms with E-state index in [1.54, 1.807) is 7.11 Å². The molecule has 0 unspecified atom stereocenters. The van der Waals surface area contributed by atoms with Crippen molar-refractivity contribution < 1.29 is 4.74 Å². The number of ether oxygens (including phenoxy) is 1. The quantitative estimate of drug-likeness (QED) is 0.766. The van der Waals surface area contributed by atoms with Crippen molar-refractivity contribution in [2.24, 2.45) is 0 Å². The lowest BCUT2D eigenvalue weighted by Crippen LogP contribution is -1.90. The Hall–Kier alpha value is -1.44. The van der Waals surface area contributed by atoms with Gasteiger partial charge in [0.15, 0.2) is 0 Å². The van der Waals surface area contributed by atoms with Gasteiger partial charge in [0.2, 0.25) is 0 Å². The molecule has 0 amide bonds. The van der Waals surface area contributed by atoms with Crippen LogP contribution in [-0.4, -0.2) is 7.11 Å². The van der Waals surface area contributed by atoms with E-state index in [2.05, 4.69) is 11.4 Å². The van der Waals surface area contributed by atoms with Crippen molar-refractivity contribution in [2.45, 2.75) is 13.8 Å². The van der Waals surface area contributed by atoms with E-state index in [0.717, 1.165) is 17.0 Å². The first kappa shape index (κ1) is 9.65. The van der Waals surface area contributed by atoms with Gasteiger partial charge in [0.05, 0.1) is 7.11 Å². The molecule has 0 saturated heterocycles. The van der Waals surface area contributed by atoms with E-state index < -0.39 is 0 Å². The molecule has 0 saturated carbocycles. The Kier molecular flexibility index (Phi) is 3.38. The first-order chi connectivity index (χ1) is 6.27. The van der Waals surface area contributed by atoms with Gasteiger partial charge < -0.3 is 10.1 Å².